The lowest BCUT2D eigenvalue weighted by molar-refractivity contribution is -0.122. The molecule has 0 radical (unpaired) electrons. The molecule has 1 amide bonds. The van der Waals surface area contributed by atoms with Gasteiger partial charge in [-0.3, -0.25) is 24.2 Å². The van der Waals surface area contributed by atoms with Crippen molar-refractivity contribution >= 4 is 34.0 Å². The summed E-state index contributed by atoms with van der Waals surface area (Å²) in [4.78, 5) is 17.6. The molecule has 1 saturated carbocycles. The van der Waals surface area contributed by atoms with E-state index in [1.165, 1.54) is 6.07 Å². The van der Waals surface area contributed by atoms with Gasteiger partial charge in [0.05, 0.1) is 11.4 Å². The maximum atomic E-state index is 12.9. The lowest BCUT2D eigenvalue weighted by Crippen LogP contribution is -2.36. The van der Waals surface area contributed by atoms with Crippen LogP contribution in [0.15, 0.2) is 34.2 Å². The molecule has 1 unspecified atom stereocenters. The summed E-state index contributed by atoms with van der Waals surface area (Å²) < 4.78 is 29.6. The highest BCUT2D eigenvalue weighted by Crippen LogP contribution is 2.35. The van der Waals surface area contributed by atoms with Crippen LogP contribution >= 0.6 is 12.2 Å². The van der Waals surface area contributed by atoms with Gasteiger partial charge < -0.3 is 5.32 Å². The highest BCUT2D eigenvalue weighted by atomic mass is 32.2. The summed E-state index contributed by atoms with van der Waals surface area (Å²) in [6, 6.07) is 6.28. The third-order valence-electron chi connectivity index (χ3n) is 5.19. The van der Waals surface area contributed by atoms with E-state index in [9.17, 15) is 13.2 Å². The molecule has 3 N–H and O–H groups in total. The number of nitrogens with zero attached hydrogens (tertiary/aromatic N) is 3. The van der Waals surface area contributed by atoms with Crippen molar-refractivity contribution in [2.24, 2.45) is 4.99 Å². The van der Waals surface area contributed by atoms with E-state index < -0.39 is 16.1 Å². The third-order valence-corrected chi connectivity index (χ3v) is 6.88. The van der Waals surface area contributed by atoms with Crippen LogP contribution in [0.1, 0.15) is 56.5 Å². The van der Waals surface area contributed by atoms with Gasteiger partial charge in [0.1, 0.15) is 11.9 Å². The third kappa shape index (κ3) is 4.17. The zero-order valence-electron chi connectivity index (χ0n) is 16.6. The molecule has 1 aromatic carbocycles. The van der Waals surface area contributed by atoms with Gasteiger partial charge in [-0.2, -0.15) is 5.10 Å². The van der Waals surface area contributed by atoms with Gasteiger partial charge in [-0.1, -0.05) is 31.9 Å². The number of fused-ring (bicyclic) bond motifs is 1. The van der Waals surface area contributed by atoms with Crippen LogP contribution in [0.4, 0.5) is 0 Å². The molecular formula is C19H24N6O3S2. The van der Waals surface area contributed by atoms with Gasteiger partial charge in [-0.25, -0.2) is 8.42 Å². The highest BCUT2D eigenvalue weighted by Gasteiger charge is 2.32. The second kappa shape index (κ2) is 8.31. The van der Waals surface area contributed by atoms with E-state index in [1.807, 2.05) is 11.5 Å². The summed E-state index contributed by atoms with van der Waals surface area (Å²) in [5.74, 6) is 0.628. The fourth-order valence-electron chi connectivity index (χ4n) is 3.49. The second-order valence-electron chi connectivity index (χ2n) is 7.50. The number of aromatic amines is 1. The first-order chi connectivity index (χ1) is 14.4. The number of sulfonamides is 1. The van der Waals surface area contributed by atoms with E-state index in [-0.39, 0.29) is 23.2 Å². The number of amides is 1. The SMILES string of the molecule is CCCCC(N=C1NS(=O)(=O)c2ccccc21)C(=O)NCc1n[nH]c(=S)n1C1CC1. The Morgan fingerprint density at radius 3 is 2.90 bits per heavy atom. The van der Waals surface area contributed by atoms with Gasteiger partial charge >= 0.3 is 0 Å². The molecule has 160 valence electrons. The molecule has 0 bridgehead atoms. The fourth-order valence-corrected chi connectivity index (χ4v) is 5.03. The predicted molar refractivity (Wildman–Crippen MR) is 114 cm³/mol. The fraction of sp³-hybridized carbons (Fsp3) is 0.474. The lowest BCUT2D eigenvalue weighted by Gasteiger charge is -2.14. The van der Waals surface area contributed by atoms with Crippen LogP contribution in [0.25, 0.3) is 0 Å². The monoisotopic (exact) mass is 448 g/mol. The number of aliphatic imine (C=N–C) groups is 1. The Balaban J connectivity index is 1.54. The highest BCUT2D eigenvalue weighted by molar-refractivity contribution is 7.90. The Morgan fingerprint density at radius 2 is 2.17 bits per heavy atom. The van der Waals surface area contributed by atoms with E-state index in [2.05, 4.69) is 25.2 Å². The molecular weight excluding hydrogens is 424 g/mol. The van der Waals surface area contributed by atoms with Crippen molar-refractivity contribution in [3.05, 3.63) is 40.4 Å². The van der Waals surface area contributed by atoms with Crippen molar-refractivity contribution in [1.82, 2.24) is 24.8 Å². The van der Waals surface area contributed by atoms with Crippen molar-refractivity contribution in [3.8, 4) is 0 Å². The summed E-state index contributed by atoms with van der Waals surface area (Å²) in [5, 5.41) is 9.90. The Labute approximate surface area is 180 Å². The average Bonchev–Trinajstić information content (AvgIpc) is 3.44. The first-order valence-corrected chi connectivity index (χ1v) is 11.9. The Kier molecular flexibility index (Phi) is 5.74. The molecule has 1 aliphatic carbocycles. The van der Waals surface area contributed by atoms with Gasteiger partial charge in [-0.05, 0) is 43.6 Å². The topological polar surface area (TPSA) is 121 Å². The minimum absolute atomic E-state index is 0.179. The number of aromatic nitrogens is 3. The van der Waals surface area contributed by atoms with Gasteiger partial charge in [0.2, 0.25) is 5.91 Å². The Morgan fingerprint density at radius 1 is 1.40 bits per heavy atom. The average molecular weight is 449 g/mol. The molecule has 11 heteroatoms. The lowest BCUT2D eigenvalue weighted by atomic mass is 10.1. The van der Waals surface area contributed by atoms with Gasteiger partial charge in [0.15, 0.2) is 10.6 Å². The summed E-state index contributed by atoms with van der Waals surface area (Å²) in [5.41, 5.74) is 0.487. The zero-order valence-corrected chi connectivity index (χ0v) is 18.2. The number of hydrogen-bond acceptors (Lipinski definition) is 6. The Bertz CT molecular complexity index is 1150. The molecule has 1 aromatic heterocycles. The molecule has 9 nitrogen and oxygen atoms in total. The number of carbonyl (C=O) groups excluding carboxylic acids is 1. The number of hydrogen-bond donors (Lipinski definition) is 3. The molecule has 1 aliphatic heterocycles. The van der Waals surface area contributed by atoms with E-state index in [0.717, 1.165) is 25.7 Å². The number of rotatable bonds is 8. The van der Waals surface area contributed by atoms with Crippen LogP contribution < -0.4 is 10.0 Å². The van der Waals surface area contributed by atoms with Crippen molar-refractivity contribution in [3.63, 3.8) is 0 Å². The van der Waals surface area contributed by atoms with Crippen LogP contribution in [-0.2, 0) is 21.4 Å². The maximum absolute atomic E-state index is 12.9. The van der Waals surface area contributed by atoms with Crippen LogP contribution in [0.2, 0.25) is 0 Å². The van der Waals surface area contributed by atoms with Crippen molar-refractivity contribution in [2.45, 2.75) is 62.6 Å². The molecule has 30 heavy (non-hydrogen) atoms. The molecule has 2 aliphatic rings. The van der Waals surface area contributed by atoms with Crippen LogP contribution in [0.3, 0.4) is 0 Å². The summed E-state index contributed by atoms with van der Waals surface area (Å²) >= 11 is 5.28. The van der Waals surface area contributed by atoms with Gasteiger partial charge in [0, 0.05) is 11.6 Å². The van der Waals surface area contributed by atoms with E-state index in [1.54, 1.807) is 18.2 Å². The molecule has 0 saturated heterocycles. The zero-order chi connectivity index (χ0) is 21.3. The number of nitrogens with one attached hydrogen (secondary N) is 3. The quantitative estimate of drug-likeness (QED) is 0.535. The molecule has 2 heterocycles. The van der Waals surface area contributed by atoms with Gasteiger partial charge in [0.25, 0.3) is 10.0 Å². The largest absolute Gasteiger partial charge is 0.347 e. The smallest absolute Gasteiger partial charge is 0.263 e. The summed E-state index contributed by atoms with van der Waals surface area (Å²) in [6.45, 7) is 2.27. The predicted octanol–water partition coefficient (Wildman–Crippen LogP) is 2.19. The first kappa shape index (κ1) is 20.7. The first-order valence-electron chi connectivity index (χ1n) is 10.0. The van der Waals surface area contributed by atoms with Crippen LogP contribution in [0.5, 0.6) is 0 Å². The molecule has 1 fully saturated rings. The number of carbonyl (C=O) groups is 1. The minimum atomic E-state index is -3.65. The van der Waals surface area contributed by atoms with E-state index in [0.29, 0.717) is 28.6 Å². The Hall–Kier alpha value is -2.53. The van der Waals surface area contributed by atoms with Crippen molar-refractivity contribution in [1.29, 1.82) is 0 Å². The number of H-pyrrole nitrogens is 1. The molecule has 2 aromatic rings. The second-order valence-corrected chi connectivity index (χ2v) is 9.54. The van der Waals surface area contributed by atoms with Crippen LogP contribution in [0, 0.1) is 4.77 Å². The number of benzene rings is 1. The molecule has 0 spiro atoms. The maximum Gasteiger partial charge on any atom is 0.263 e. The normalized spacial score (nSPS) is 19.3. The van der Waals surface area contributed by atoms with Gasteiger partial charge in [-0.15, -0.1) is 0 Å². The number of amidine groups is 1. The van der Waals surface area contributed by atoms with Crippen molar-refractivity contribution < 1.29 is 13.2 Å². The van der Waals surface area contributed by atoms with E-state index in [4.69, 9.17) is 12.2 Å². The molecule has 4 rings (SSSR count). The summed E-state index contributed by atoms with van der Waals surface area (Å²) in [6.07, 6.45) is 4.33. The minimum Gasteiger partial charge on any atom is -0.347 e. The van der Waals surface area contributed by atoms with Crippen molar-refractivity contribution in [2.75, 3.05) is 0 Å². The number of unbranched alkanes of at least 4 members (excludes halogenated alkanes) is 1. The van der Waals surface area contributed by atoms with E-state index >= 15 is 0 Å². The summed E-state index contributed by atoms with van der Waals surface area (Å²) in [7, 11) is -3.65. The molecule has 1 atom stereocenters. The standard InChI is InChI=1S/C19H24N6O3S2/c1-2-3-7-14(21-17-13-6-4-5-8-15(13)30(27,28)24-17)18(26)20-11-16-22-23-19(29)25(16)12-9-10-12/h4-6,8,12,14H,2-3,7,9-11H2,1H3,(H,20,26)(H,21,24)(H,23,29). The van der Waals surface area contributed by atoms with Crippen LogP contribution in [-0.4, -0.2) is 41.0 Å².